The van der Waals surface area contributed by atoms with Gasteiger partial charge in [-0.25, -0.2) is 0 Å². The molecule has 0 fully saturated rings. The highest BCUT2D eigenvalue weighted by molar-refractivity contribution is 5.93. The summed E-state index contributed by atoms with van der Waals surface area (Å²) in [6.45, 7) is 7.88. The van der Waals surface area contributed by atoms with E-state index in [1.54, 1.807) is 6.08 Å². The molecule has 0 radical (unpaired) electrons. The number of allylic oxidation sites excluding steroid dienone is 3. The zero-order valence-corrected chi connectivity index (χ0v) is 7.18. The van der Waals surface area contributed by atoms with Crippen molar-refractivity contribution in [3.8, 4) is 0 Å². The Morgan fingerprint density at radius 2 is 2.45 bits per heavy atom. The number of carbonyl (C=O) groups is 1. The van der Waals surface area contributed by atoms with Crippen molar-refractivity contribution in [3.63, 3.8) is 0 Å². The molecular formula is C10H14O. The van der Waals surface area contributed by atoms with E-state index in [0.29, 0.717) is 12.3 Å². The van der Waals surface area contributed by atoms with Crippen LogP contribution in [0.4, 0.5) is 0 Å². The van der Waals surface area contributed by atoms with Crippen LogP contribution < -0.4 is 0 Å². The van der Waals surface area contributed by atoms with Crippen LogP contribution in [-0.2, 0) is 4.79 Å². The highest BCUT2D eigenvalue weighted by Gasteiger charge is 2.20. The van der Waals surface area contributed by atoms with Gasteiger partial charge in [0.05, 0.1) is 0 Å². The van der Waals surface area contributed by atoms with Crippen LogP contribution >= 0.6 is 0 Å². The molecule has 11 heavy (non-hydrogen) atoms. The predicted octanol–water partition coefficient (Wildman–Crippen LogP) is 2.49. The maximum Gasteiger partial charge on any atom is 0.156 e. The normalized spacial score (nSPS) is 23.6. The number of hydrogen-bond acceptors (Lipinski definition) is 1. The van der Waals surface area contributed by atoms with E-state index >= 15 is 0 Å². The van der Waals surface area contributed by atoms with E-state index in [0.717, 1.165) is 12.0 Å². The van der Waals surface area contributed by atoms with Crippen molar-refractivity contribution in [2.24, 2.45) is 5.92 Å². The van der Waals surface area contributed by atoms with E-state index in [4.69, 9.17) is 0 Å². The molecule has 1 rings (SSSR count). The minimum Gasteiger partial charge on any atom is -0.295 e. The SMILES string of the molecule is C=C(C)CC1CC(=O)C=C1C. The first-order valence-corrected chi connectivity index (χ1v) is 3.95. The standard InChI is InChI=1S/C10H14O/c1-7(2)4-9-6-10(11)5-8(9)3/h5,9H,1,4,6H2,2-3H3. The Hall–Kier alpha value is -0.850. The number of rotatable bonds is 2. The molecule has 0 aromatic rings. The molecule has 1 heteroatoms. The quantitative estimate of drug-likeness (QED) is 0.553. The summed E-state index contributed by atoms with van der Waals surface area (Å²) >= 11 is 0. The molecule has 0 saturated carbocycles. The molecular weight excluding hydrogens is 136 g/mol. The lowest BCUT2D eigenvalue weighted by molar-refractivity contribution is -0.114. The van der Waals surface area contributed by atoms with Crippen LogP contribution in [0.1, 0.15) is 26.7 Å². The molecule has 60 valence electrons. The van der Waals surface area contributed by atoms with Crippen LogP contribution in [0.25, 0.3) is 0 Å². The number of ketones is 1. The number of hydrogen-bond donors (Lipinski definition) is 0. The van der Waals surface area contributed by atoms with Crippen molar-refractivity contribution >= 4 is 5.78 Å². The fraction of sp³-hybridized carbons (Fsp3) is 0.500. The third-order valence-corrected chi connectivity index (χ3v) is 2.08. The predicted molar refractivity (Wildman–Crippen MR) is 46.3 cm³/mol. The van der Waals surface area contributed by atoms with Crippen LogP contribution in [0.3, 0.4) is 0 Å². The van der Waals surface area contributed by atoms with Crippen molar-refractivity contribution in [2.45, 2.75) is 26.7 Å². The molecule has 0 aliphatic heterocycles. The van der Waals surface area contributed by atoms with Crippen molar-refractivity contribution in [3.05, 3.63) is 23.8 Å². The average molecular weight is 150 g/mol. The van der Waals surface area contributed by atoms with E-state index in [-0.39, 0.29) is 5.78 Å². The van der Waals surface area contributed by atoms with E-state index in [2.05, 4.69) is 6.58 Å². The van der Waals surface area contributed by atoms with Gasteiger partial charge in [0.1, 0.15) is 0 Å². The second-order valence-electron chi connectivity index (χ2n) is 3.42. The van der Waals surface area contributed by atoms with E-state index in [1.165, 1.54) is 5.57 Å². The molecule has 1 aliphatic carbocycles. The minimum atomic E-state index is 0.272. The lowest BCUT2D eigenvalue weighted by Gasteiger charge is -2.09. The molecule has 0 N–H and O–H groups in total. The molecule has 1 atom stereocenters. The van der Waals surface area contributed by atoms with Gasteiger partial charge in [-0.15, -0.1) is 6.58 Å². The van der Waals surface area contributed by atoms with Crippen LogP contribution in [0.15, 0.2) is 23.8 Å². The Bertz CT molecular complexity index is 223. The summed E-state index contributed by atoms with van der Waals surface area (Å²) in [5.74, 6) is 0.716. The molecule has 0 saturated heterocycles. The van der Waals surface area contributed by atoms with Gasteiger partial charge >= 0.3 is 0 Å². The zero-order valence-electron chi connectivity index (χ0n) is 7.18. The van der Waals surface area contributed by atoms with Gasteiger partial charge in [-0.05, 0) is 32.3 Å². The molecule has 0 spiro atoms. The molecule has 0 bridgehead atoms. The summed E-state index contributed by atoms with van der Waals surface area (Å²) < 4.78 is 0. The third-order valence-electron chi connectivity index (χ3n) is 2.08. The second kappa shape index (κ2) is 3.04. The Morgan fingerprint density at radius 1 is 1.82 bits per heavy atom. The van der Waals surface area contributed by atoms with Gasteiger partial charge in [-0.2, -0.15) is 0 Å². The molecule has 1 aliphatic rings. The molecule has 1 unspecified atom stereocenters. The van der Waals surface area contributed by atoms with Crippen molar-refractivity contribution in [2.75, 3.05) is 0 Å². The summed E-state index contributed by atoms with van der Waals surface area (Å²) in [6.07, 6.45) is 3.42. The van der Waals surface area contributed by atoms with Crippen molar-refractivity contribution in [1.29, 1.82) is 0 Å². The van der Waals surface area contributed by atoms with E-state index in [9.17, 15) is 4.79 Å². The minimum absolute atomic E-state index is 0.272. The summed E-state index contributed by atoms with van der Waals surface area (Å²) in [5.41, 5.74) is 2.38. The van der Waals surface area contributed by atoms with Gasteiger partial charge in [-0.3, -0.25) is 4.79 Å². The van der Waals surface area contributed by atoms with Crippen LogP contribution in [0.2, 0.25) is 0 Å². The Balaban J connectivity index is 2.57. The summed E-state index contributed by atoms with van der Waals surface area (Å²) in [4.78, 5) is 10.9. The molecule has 0 aromatic heterocycles. The first kappa shape index (κ1) is 8.25. The largest absolute Gasteiger partial charge is 0.295 e. The maximum absolute atomic E-state index is 10.9. The number of carbonyl (C=O) groups excluding carboxylic acids is 1. The fourth-order valence-electron chi connectivity index (χ4n) is 1.49. The fourth-order valence-corrected chi connectivity index (χ4v) is 1.49. The van der Waals surface area contributed by atoms with Crippen LogP contribution in [-0.4, -0.2) is 5.78 Å². The molecule has 1 nitrogen and oxygen atoms in total. The van der Waals surface area contributed by atoms with Gasteiger partial charge < -0.3 is 0 Å². The van der Waals surface area contributed by atoms with Gasteiger partial charge in [0, 0.05) is 6.42 Å². The highest BCUT2D eigenvalue weighted by atomic mass is 16.1. The molecule has 0 aromatic carbocycles. The Labute approximate surface area is 67.8 Å². The van der Waals surface area contributed by atoms with Crippen molar-refractivity contribution < 1.29 is 4.79 Å². The zero-order chi connectivity index (χ0) is 8.43. The van der Waals surface area contributed by atoms with Crippen LogP contribution in [0, 0.1) is 5.92 Å². The smallest absolute Gasteiger partial charge is 0.156 e. The summed E-state index contributed by atoms with van der Waals surface area (Å²) in [6, 6.07) is 0. The van der Waals surface area contributed by atoms with Crippen molar-refractivity contribution in [1.82, 2.24) is 0 Å². The Morgan fingerprint density at radius 3 is 2.82 bits per heavy atom. The topological polar surface area (TPSA) is 17.1 Å². The maximum atomic E-state index is 10.9. The second-order valence-corrected chi connectivity index (χ2v) is 3.42. The van der Waals surface area contributed by atoms with Gasteiger partial charge in [0.15, 0.2) is 5.78 Å². The van der Waals surface area contributed by atoms with Gasteiger partial charge in [-0.1, -0.05) is 11.1 Å². The van der Waals surface area contributed by atoms with E-state index in [1.807, 2.05) is 13.8 Å². The first-order valence-electron chi connectivity index (χ1n) is 3.95. The highest BCUT2D eigenvalue weighted by Crippen LogP contribution is 2.27. The molecule has 0 heterocycles. The first-order chi connectivity index (χ1) is 5.09. The van der Waals surface area contributed by atoms with Crippen LogP contribution in [0.5, 0.6) is 0 Å². The lowest BCUT2D eigenvalue weighted by atomic mass is 9.95. The third kappa shape index (κ3) is 2.04. The Kier molecular flexibility index (Phi) is 2.28. The summed E-state index contributed by atoms with van der Waals surface area (Å²) in [7, 11) is 0. The lowest BCUT2D eigenvalue weighted by Crippen LogP contribution is -1.99. The molecule has 0 amide bonds. The van der Waals surface area contributed by atoms with Gasteiger partial charge in [0.25, 0.3) is 0 Å². The van der Waals surface area contributed by atoms with E-state index < -0.39 is 0 Å². The monoisotopic (exact) mass is 150 g/mol. The summed E-state index contributed by atoms with van der Waals surface area (Å²) in [5, 5.41) is 0. The average Bonchev–Trinajstić information content (AvgIpc) is 2.09. The van der Waals surface area contributed by atoms with Gasteiger partial charge in [0.2, 0.25) is 0 Å².